The van der Waals surface area contributed by atoms with Crippen LogP contribution in [-0.2, 0) is 11.3 Å². The first-order valence-electron chi connectivity index (χ1n) is 12.5. The van der Waals surface area contributed by atoms with Gasteiger partial charge < -0.3 is 15.7 Å². The topological polar surface area (TPSA) is 155 Å². The molecule has 4 aliphatic rings. The number of urea groups is 1. The van der Waals surface area contributed by atoms with E-state index in [1.807, 2.05) is 0 Å². The van der Waals surface area contributed by atoms with Gasteiger partial charge in [0.05, 0.1) is 0 Å². The predicted octanol–water partition coefficient (Wildman–Crippen LogP) is 1.30. The molecule has 1 saturated heterocycles. The third-order valence-corrected chi connectivity index (χ3v) is 9.17. The zero-order valence-corrected chi connectivity index (χ0v) is 20.6. The van der Waals surface area contributed by atoms with Gasteiger partial charge >= 0.3 is 11.7 Å². The van der Waals surface area contributed by atoms with Crippen molar-refractivity contribution >= 4 is 17.8 Å². The van der Waals surface area contributed by atoms with E-state index >= 15 is 0 Å². The molecule has 4 N–H and O–H groups in total. The van der Waals surface area contributed by atoms with Crippen LogP contribution in [0.3, 0.4) is 0 Å². The number of carbonyl (C=O) groups excluding carboxylic acids is 2. The lowest BCUT2D eigenvalue weighted by molar-refractivity contribution is -0.148. The van der Waals surface area contributed by atoms with Crippen molar-refractivity contribution in [3.63, 3.8) is 0 Å². The van der Waals surface area contributed by atoms with Crippen LogP contribution in [0.5, 0.6) is 5.88 Å². The number of nitrogens with zero attached hydrogens (tertiary/aromatic N) is 4. The minimum absolute atomic E-state index is 0.0564. The average molecular weight is 505 g/mol. The molecule has 12 heteroatoms. The number of imide groups is 1. The second kappa shape index (κ2) is 8.17. The van der Waals surface area contributed by atoms with Crippen LogP contribution in [0.4, 0.5) is 9.18 Å². The normalized spacial score (nSPS) is 34.1. The van der Waals surface area contributed by atoms with Crippen molar-refractivity contribution in [1.82, 2.24) is 18.9 Å². The first-order chi connectivity index (χ1) is 16.9. The minimum Gasteiger partial charge on any atom is -0.494 e. The number of aromatic nitrogens is 2. The Morgan fingerprint density at radius 3 is 2.25 bits per heavy atom. The van der Waals surface area contributed by atoms with Crippen molar-refractivity contribution in [2.75, 3.05) is 14.1 Å². The van der Waals surface area contributed by atoms with E-state index in [1.165, 1.54) is 11.9 Å². The average Bonchev–Trinajstić information content (AvgIpc) is 3.29. The van der Waals surface area contributed by atoms with Gasteiger partial charge in [-0.3, -0.25) is 29.0 Å². The third kappa shape index (κ3) is 3.40. The summed E-state index contributed by atoms with van der Waals surface area (Å²) in [4.78, 5) is 54.4. The van der Waals surface area contributed by atoms with Crippen LogP contribution in [0.2, 0.25) is 0 Å². The van der Waals surface area contributed by atoms with Gasteiger partial charge in [0.15, 0.2) is 0 Å². The van der Waals surface area contributed by atoms with Crippen LogP contribution in [0, 0.1) is 16.7 Å². The van der Waals surface area contributed by atoms with Gasteiger partial charge in [-0.05, 0) is 69.1 Å². The number of likely N-dealkylation sites (N-methyl/N-ethyl adjacent to an activating group) is 2. The number of alkyl halides is 1. The molecule has 0 bridgehead atoms. The number of nitrogens with two attached hydrogens (primary N) is 1. The quantitative estimate of drug-likeness (QED) is 0.319. The van der Waals surface area contributed by atoms with E-state index in [0.717, 1.165) is 14.0 Å². The van der Waals surface area contributed by atoms with E-state index in [-0.39, 0.29) is 36.2 Å². The SMILES string of the molecule is CN1C(=O)N(C)C2(CC3(CCC(n4c(=O)c(C(=N)N)c(O)n(C[C@H]5CC[C@H](F)C5)c4=O)CC3)C2)C1=O. The molecule has 3 aliphatic carbocycles. The van der Waals surface area contributed by atoms with E-state index in [2.05, 4.69) is 0 Å². The molecule has 0 aromatic carbocycles. The summed E-state index contributed by atoms with van der Waals surface area (Å²) < 4.78 is 15.9. The summed E-state index contributed by atoms with van der Waals surface area (Å²) in [7, 11) is 3.14. The van der Waals surface area contributed by atoms with Crippen molar-refractivity contribution in [2.45, 2.75) is 82.1 Å². The summed E-state index contributed by atoms with van der Waals surface area (Å²) in [5, 5.41) is 18.5. The lowest BCUT2D eigenvalue weighted by atomic mass is 9.51. The summed E-state index contributed by atoms with van der Waals surface area (Å²) in [6.45, 7) is 0.0564. The highest BCUT2D eigenvalue weighted by atomic mass is 19.1. The van der Waals surface area contributed by atoms with E-state index in [0.29, 0.717) is 51.4 Å². The molecule has 2 spiro atoms. The molecule has 1 aromatic heterocycles. The highest BCUT2D eigenvalue weighted by Crippen LogP contribution is 2.61. The Labute approximate surface area is 207 Å². The molecule has 5 rings (SSSR count). The smallest absolute Gasteiger partial charge is 0.334 e. The maximum atomic E-state index is 13.7. The molecule has 3 saturated carbocycles. The van der Waals surface area contributed by atoms with Crippen LogP contribution in [-0.4, -0.2) is 67.6 Å². The van der Waals surface area contributed by atoms with Gasteiger partial charge in [0.25, 0.3) is 11.5 Å². The van der Waals surface area contributed by atoms with Crippen molar-refractivity contribution in [3.05, 3.63) is 26.4 Å². The van der Waals surface area contributed by atoms with Gasteiger partial charge in [0, 0.05) is 26.7 Å². The summed E-state index contributed by atoms with van der Waals surface area (Å²) >= 11 is 0. The summed E-state index contributed by atoms with van der Waals surface area (Å²) in [5.41, 5.74) is 2.79. The predicted molar refractivity (Wildman–Crippen MR) is 128 cm³/mol. The molecule has 0 radical (unpaired) electrons. The van der Waals surface area contributed by atoms with Crippen LogP contribution in [0.15, 0.2) is 9.59 Å². The van der Waals surface area contributed by atoms with Crippen molar-refractivity contribution in [3.8, 4) is 5.88 Å². The summed E-state index contributed by atoms with van der Waals surface area (Å²) in [6.07, 6.45) is 3.75. The number of rotatable bonds is 4. The Morgan fingerprint density at radius 2 is 1.75 bits per heavy atom. The maximum Gasteiger partial charge on any atom is 0.334 e. The van der Waals surface area contributed by atoms with Gasteiger partial charge in [0.2, 0.25) is 5.88 Å². The number of amides is 3. The fourth-order valence-electron chi connectivity index (χ4n) is 7.17. The Hall–Kier alpha value is -3.18. The van der Waals surface area contributed by atoms with E-state index < -0.39 is 46.3 Å². The maximum absolute atomic E-state index is 13.7. The molecule has 196 valence electrons. The first-order valence-corrected chi connectivity index (χ1v) is 12.5. The molecule has 2 atom stereocenters. The Morgan fingerprint density at radius 1 is 1.11 bits per heavy atom. The Bertz CT molecular complexity index is 1250. The Balaban J connectivity index is 1.40. The molecule has 3 amide bonds. The fourth-order valence-corrected chi connectivity index (χ4v) is 7.17. The third-order valence-electron chi connectivity index (χ3n) is 9.17. The number of halogens is 1. The molecule has 11 nitrogen and oxygen atoms in total. The van der Waals surface area contributed by atoms with Crippen LogP contribution in [0.25, 0.3) is 0 Å². The zero-order valence-electron chi connectivity index (χ0n) is 20.6. The number of aromatic hydroxyl groups is 1. The van der Waals surface area contributed by atoms with Gasteiger partial charge in [-0.25, -0.2) is 14.0 Å². The van der Waals surface area contributed by atoms with E-state index in [1.54, 1.807) is 7.05 Å². The highest BCUT2D eigenvalue weighted by Gasteiger charge is 2.66. The minimum atomic E-state index is -0.952. The van der Waals surface area contributed by atoms with Crippen molar-refractivity contribution in [2.24, 2.45) is 17.1 Å². The molecule has 0 unspecified atom stereocenters. The molecular weight excluding hydrogens is 471 g/mol. The molecule has 2 heterocycles. The van der Waals surface area contributed by atoms with E-state index in [4.69, 9.17) is 11.1 Å². The second-order valence-electron chi connectivity index (χ2n) is 11.3. The number of carbonyl (C=O) groups is 2. The fraction of sp³-hybridized carbons (Fsp3) is 0.708. The number of amidine groups is 1. The summed E-state index contributed by atoms with van der Waals surface area (Å²) in [5.74, 6) is -1.61. The lowest BCUT2D eigenvalue weighted by Gasteiger charge is -2.57. The number of nitrogen functional groups attached to an aromatic ring is 1. The largest absolute Gasteiger partial charge is 0.494 e. The molecular formula is C24H33FN6O5. The monoisotopic (exact) mass is 504 g/mol. The molecule has 4 fully saturated rings. The summed E-state index contributed by atoms with van der Waals surface area (Å²) in [6, 6.07) is -0.756. The molecule has 36 heavy (non-hydrogen) atoms. The molecule has 1 aliphatic heterocycles. The number of hydrogen-bond donors (Lipinski definition) is 3. The van der Waals surface area contributed by atoms with Crippen LogP contribution >= 0.6 is 0 Å². The molecule has 1 aromatic rings. The van der Waals surface area contributed by atoms with Crippen LogP contribution < -0.4 is 17.0 Å². The Kier molecular flexibility index (Phi) is 5.56. The van der Waals surface area contributed by atoms with Crippen molar-refractivity contribution in [1.29, 1.82) is 5.41 Å². The second-order valence-corrected chi connectivity index (χ2v) is 11.3. The van der Waals surface area contributed by atoms with Gasteiger partial charge in [0.1, 0.15) is 23.1 Å². The van der Waals surface area contributed by atoms with Gasteiger partial charge in [-0.1, -0.05) is 0 Å². The highest BCUT2D eigenvalue weighted by molar-refractivity contribution is 6.07. The van der Waals surface area contributed by atoms with E-state index in [9.17, 15) is 28.7 Å². The number of hydrogen-bond acceptors (Lipinski definition) is 6. The number of nitrogens with one attached hydrogen (secondary N) is 1. The van der Waals surface area contributed by atoms with Crippen molar-refractivity contribution < 1.29 is 19.1 Å². The standard InChI is InChI=1S/C24H33FN6O5/c1-28-20(34)24(29(2)21(28)35)11-23(12-24)7-5-15(6-8-23)31-19(33)16(17(26)27)18(32)30(22(31)36)10-13-3-4-14(25)9-13/h13-15,32H,3-12H2,1-2H3,(H3,26,27)/t13-,14-,15?,23?,24?/m0/s1. The van der Waals surface area contributed by atoms with Gasteiger partial charge in [-0.2, -0.15) is 0 Å². The zero-order chi connectivity index (χ0) is 26.2. The van der Waals surface area contributed by atoms with Gasteiger partial charge in [-0.15, -0.1) is 0 Å². The first kappa shape index (κ1) is 24.5. The van der Waals surface area contributed by atoms with Crippen LogP contribution in [0.1, 0.15) is 69.4 Å². The lowest BCUT2D eigenvalue weighted by Crippen LogP contribution is -2.63.